The molecule has 1 aromatic carbocycles. The topological polar surface area (TPSA) is 98.5 Å². The summed E-state index contributed by atoms with van der Waals surface area (Å²) in [6.07, 6.45) is -1.10. The van der Waals surface area contributed by atoms with E-state index in [9.17, 15) is 14.4 Å². The number of imide groups is 1. The van der Waals surface area contributed by atoms with Gasteiger partial charge in [-0.15, -0.1) is 0 Å². The summed E-state index contributed by atoms with van der Waals surface area (Å²) in [4.78, 5) is 33.8. The van der Waals surface area contributed by atoms with E-state index in [0.29, 0.717) is 5.56 Å². The molecule has 1 atom stereocenters. The molecule has 0 heterocycles. The number of amides is 3. The molecule has 1 aromatic rings. The van der Waals surface area contributed by atoms with Gasteiger partial charge in [-0.25, -0.2) is 9.59 Å². The van der Waals surface area contributed by atoms with Crippen LogP contribution in [0.3, 0.4) is 0 Å². The van der Waals surface area contributed by atoms with Crippen molar-refractivity contribution in [3.05, 3.63) is 34.9 Å². The maximum Gasteiger partial charge on any atom is 0.339 e. The molecule has 102 valence electrons. The minimum atomic E-state index is -1.10. The number of hydrogen-bond acceptors (Lipinski definition) is 4. The standard InChI is InChI=1S/C13H16N2O4/c1-7-5-4-6-10(8(7)2)12(17)19-9(3)11(16)15-13(14)18/h4-6,9H,1-3H3,(H3,14,15,16,18)/t9-/m1/s1. The molecular weight excluding hydrogens is 248 g/mol. The summed E-state index contributed by atoms with van der Waals surface area (Å²) in [6, 6.07) is 4.23. The number of ether oxygens (including phenoxy) is 1. The van der Waals surface area contributed by atoms with Gasteiger partial charge in [0.1, 0.15) is 0 Å². The van der Waals surface area contributed by atoms with Gasteiger partial charge in [0.05, 0.1) is 5.56 Å². The van der Waals surface area contributed by atoms with Crippen molar-refractivity contribution in [2.45, 2.75) is 26.9 Å². The maximum atomic E-state index is 11.9. The van der Waals surface area contributed by atoms with E-state index in [1.807, 2.05) is 18.3 Å². The predicted molar refractivity (Wildman–Crippen MR) is 68.5 cm³/mol. The van der Waals surface area contributed by atoms with Gasteiger partial charge in [-0.1, -0.05) is 12.1 Å². The van der Waals surface area contributed by atoms with E-state index in [4.69, 9.17) is 10.5 Å². The smallest absolute Gasteiger partial charge is 0.339 e. The molecule has 0 unspecified atom stereocenters. The lowest BCUT2D eigenvalue weighted by atomic mass is 10.0. The first-order valence-electron chi connectivity index (χ1n) is 5.70. The molecule has 0 aliphatic heterocycles. The molecule has 0 bridgehead atoms. The Bertz CT molecular complexity index is 525. The SMILES string of the molecule is Cc1cccc(C(=O)O[C@H](C)C(=O)NC(N)=O)c1C. The quantitative estimate of drug-likeness (QED) is 0.797. The number of benzene rings is 1. The van der Waals surface area contributed by atoms with E-state index in [1.165, 1.54) is 6.92 Å². The van der Waals surface area contributed by atoms with E-state index in [1.54, 1.807) is 19.1 Å². The Morgan fingerprint density at radius 2 is 1.89 bits per heavy atom. The average Bonchev–Trinajstić information content (AvgIpc) is 2.31. The van der Waals surface area contributed by atoms with Gasteiger partial charge in [-0.3, -0.25) is 10.1 Å². The summed E-state index contributed by atoms with van der Waals surface area (Å²) in [5.74, 6) is -1.38. The molecule has 0 aliphatic carbocycles. The second-order valence-electron chi connectivity index (χ2n) is 4.15. The van der Waals surface area contributed by atoms with Crippen LogP contribution in [0.25, 0.3) is 0 Å². The Labute approximate surface area is 110 Å². The number of carbonyl (C=O) groups excluding carboxylic acids is 3. The second kappa shape index (κ2) is 5.99. The number of urea groups is 1. The Kier molecular flexibility index (Phi) is 4.63. The first-order valence-corrected chi connectivity index (χ1v) is 5.70. The fourth-order valence-electron chi connectivity index (χ4n) is 1.47. The summed E-state index contributed by atoms with van der Waals surface area (Å²) in [5, 5.41) is 1.85. The van der Waals surface area contributed by atoms with Crippen LogP contribution in [-0.2, 0) is 9.53 Å². The highest BCUT2D eigenvalue weighted by Gasteiger charge is 2.21. The Morgan fingerprint density at radius 1 is 1.26 bits per heavy atom. The summed E-state index contributed by atoms with van der Waals surface area (Å²) < 4.78 is 4.98. The van der Waals surface area contributed by atoms with Crippen LogP contribution in [0, 0.1) is 13.8 Å². The minimum Gasteiger partial charge on any atom is -0.449 e. The first kappa shape index (κ1) is 14.7. The molecule has 0 saturated carbocycles. The lowest BCUT2D eigenvalue weighted by Crippen LogP contribution is -2.42. The van der Waals surface area contributed by atoms with Gasteiger partial charge in [-0.05, 0) is 38.0 Å². The monoisotopic (exact) mass is 264 g/mol. The molecule has 6 nitrogen and oxygen atoms in total. The molecule has 0 aliphatic rings. The Morgan fingerprint density at radius 3 is 2.47 bits per heavy atom. The highest BCUT2D eigenvalue weighted by atomic mass is 16.5. The summed E-state index contributed by atoms with van der Waals surface area (Å²) in [5.41, 5.74) is 6.93. The van der Waals surface area contributed by atoms with Gasteiger partial charge >= 0.3 is 12.0 Å². The van der Waals surface area contributed by atoms with Crippen LogP contribution in [0.5, 0.6) is 0 Å². The third-order valence-corrected chi connectivity index (χ3v) is 2.72. The molecule has 0 aromatic heterocycles. The number of nitrogens with one attached hydrogen (secondary N) is 1. The van der Waals surface area contributed by atoms with Crippen molar-refractivity contribution in [1.29, 1.82) is 0 Å². The number of aryl methyl sites for hydroxylation is 1. The molecule has 0 spiro atoms. The number of primary amides is 1. The van der Waals surface area contributed by atoms with Crippen LogP contribution in [0.15, 0.2) is 18.2 Å². The fraction of sp³-hybridized carbons (Fsp3) is 0.308. The van der Waals surface area contributed by atoms with Crippen LogP contribution >= 0.6 is 0 Å². The van der Waals surface area contributed by atoms with Crippen molar-refractivity contribution in [2.24, 2.45) is 5.73 Å². The van der Waals surface area contributed by atoms with Gasteiger partial charge in [0, 0.05) is 0 Å². The molecule has 0 fully saturated rings. The number of rotatable bonds is 3. The zero-order chi connectivity index (χ0) is 14.6. The maximum absolute atomic E-state index is 11.9. The van der Waals surface area contributed by atoms with Crippen LogP contribution in [0.1, 0.15) is 28.4 Å². The summed E-state index contributed by atoms with van der Waals surface area (Å²) in [7, 11) is 0. The lowest BCUT2D eigenvalue weighted by Gasteiger charge is -2.13. The molecule has 0 radical (unpaired) electrons. The molecule has 19 heavy (non-hydrogen) atoms. The van der Waals surface area contributed by atoms with Crippen molar-refractivity contribution in [3.63, 3.8) is 0 Å². The predicted octanol–water partition coefficient (Wildman–Crippen LogP) is 1.04. The van der Waals surface area contributed by atoms with Crippen LogP contribution in [0.2, 0.25) is 0 Å². The van der Waals surface area contributed by atoms with Crippen molar-refractivity contribution < 1.29 is 19.1 Å². The van der Waals surface area contributed by atoms with E-state index in [2.05, 4.69) is 0 Å². The number of hydrogen-bond donors (Lipinski definition) is 2. The zero-order valence-electron chi connectivity index (χ0n) is 11.0. The largest absolute Gasteiger partial charge is 0.449 e. The molecular formula is C13H16N2O4. The van der Waals surface area contributed by atoms with Crippen LogP contribution < -0.4 is 11.1 Å². The molecule has 3 amide bonds. The molecule has 6 heteroatoms. The summed E-state index contributed by atoms with van der Waals surface area (Å²) in [6.45, 7) is 5.02. The van der Waals surface area contributed by atoms with Crippen molar-refractivity contribution in [2.75, 3.05) is 0 Å². The zero-order valence-corrected chi connectivity index (χ0v) is 11.0. The third-order valence-electron chi connectivity index (χ3n) is 2.72. The Hall–Kier alpha value is -2.37. The molecule has 3 N–H and O–H groups in total. The highest BCUT2D eigenvalue weighted by Crippen LogP contribution is 2.14. The highest BCUT2D eigenvalue weighted by molar-refractivity contribution is 5.98. The van der Waals surface area contributed by atoms with Crippen molar-refractivity contribution >= 4 is 17.9 Å². The van der Waals surface area contributed by atoms with E-state index in [-0.39, 0.29) is 0 Å². The van der Waals surface area contributed by atoms with Gasteiger partial charge in [-0.2, -0.15) is 0 Å². The number of esters is 1. The summed E-state index contributed by atoms with van der Waals surface area (Å²) >= 11 is 0. The van der Waals surface area contributed by atoms with Crippen molar-refractivity contribution in [3.8, 4) is 0 Å². The van der Waals surface area contributed by atoms with Gasteiger partial charge in [0.2, 0.25) is 0 Å². The molecule has 1 rings (SSSR count). The Balaban J connectivity index is 2.77. The van der Waals surface area contributed by atoms with E-state index >= 15 is 0 Å². The van der Waals surface area contributed by atoms with E-state index in [0.717, 1.165) is 11.1 Å². The fourth-order valence-corrected chi connectivity index (χ4v) is 1.47. The second-order valence-corrected chi connectivity index (χ2v) is 4.15. The first-order chi connectivity index (χ1) is 8.82. The average molecular weight is 264 g/mol. The lowest BCUT2D eigenvalue weighted by molar-refractivity contribution is -0.127. The van der Waals surface area contributed by atoms with Crippen LogP contribution in [0.4, 0.5) is 4.79 Å². The number of carbonyl (C=O) groups is 3. The minimum absolute atomic E-state index is 0.388. The molecule has 0 saturated heterocycles. The third kappa shape index (κ3) is 3.80. The van der Waals surface area contributed by atoms with Gasteiger partial charge < -0.3 is 10.5 Å². The van der Waals surface area contributed by atoms with Crippen LogP contribution in [-0.4, -0.2) is 24.0 Å². The normalized spacial score (nSPS) is 11.5. The number of nitrogens with two attached hydrogens (primary N) is 1. The van der Waals surface area contributed by atoms with E-state index < -0.39 is 24.0 Å². The van der Waals surface area contributed by atoms with Gasteiger partial charge in [0.15, 0.2) is 6.10 Å². The van der Waals surface area contributed by atoms with Crippen molar-refractivity contribution in [1.82, 2.24) is 5.32 Å². The van der Waals surface area contributed by atoms with Gasteiger partial charge in [0.25, 0.3) is 5.91 Å².